The lowest BCUT2D eigenvalue weighted by atomic mass is 10.1. The molecule has 3 heteroatoms. The molecule has 1 unspecified atom stereocenters. The van der Waals surface area contributed by atoms with Crippen LogP contribution in [0.2, 0.25) is 0 Å². The predicted octanol–water partition coefficient (Wildman–Crippen LogP) is 4.72. The fraction of sp³-hybridized carbons (Fsp3) is 0.350. The molecule has 0 aromatic heterocycles. The molecule has 122 valence electrons. The number of rotatable bonds is 5. The Hall–Kier alpha value is -2.29. The molecule has 23 heavy (non-hydrogen) atoms. The monoisotopic (exact) mass is 311 g/mol. The summed E-state index contributed by atoms with van der Waals surface area (Å²) in [5.41, 5.74) is 5.22. The number of anilines is 1. The van der Waals surface area contributed by atoms with Gasteiger partial charge >= 0.3 is 0 Å². The number of para-hydroxylation sites is 1. The molecule has 1 amide bonds. The number of amides is 1. The molecule has 2 aromatic carbocycles. The molecule has 2 rings (SSSR count). The highest BCUT2D eigenvalue weighted by atomic mass is 16.5. The minimum atomic E-state index is -0.505. The SMILES string of the molecule is CCC(Oc1cccc(C)c1C)C(=O)Nc1c(C)cccc1C. The summed E-state index contributed by atoms with van der Waals surface area (Å²) in [5.74, 6) is 0.666. The van der Waals surface area contributed by atoms with E-state index in [0.29, 0.717) is 6.42 Å². The first kappa shape index (κ1) is 17.1. The Kier molecular flexibility index (Phi) is 5.43. The van der Waals surface area contributed by atoms with Crippen molar-refractivity contribution in [3.05, 3.63) is 58.7 Å². The number of nitrogens with one attached hydrogen (secondary N) is 1. The van der Waals surface area contributed by atoms with Gasteiger partial charge in [-0.2, -0.15) is 0 Å². The molecule has 0 radical (unpaired) electrons. The number of carbonyl (C=O) groups excluding carboxylic acids is 1. The molecule has 1 atom stereocenters. The highest BCUT2D eigenvalue weighted by Crippen LogP contribution is 2.24. The summed E-state index contributed by atoms with van der Waals surface area (Å²) in [7, 11) is 0. The van der Waals surface area contributed by atoms with Crippen molar-refractivity contribution in [1.29, 1.82) is 0 Å². The Balaban J connectivity index is 2.17. The van der Waals surface area contributed by atoms with Gasteiger partial charge in [0.15, 0.2) is 6.10 Å². The normalized spacial score (nSPS) is 11.9. The van der Waals surface area contributed by atoms with Gasteiger partial charge in [0.2, 0.25) is 0 Å². The van der Waals surface area contributed by atoms with Gasteiger partial charge in [-0.05, 0) is 62.4 Å². The zero-order valence-electron chi connectivity index (χ0n) is 14.6. The number of hydrogen-bond donors (Lipinski definition) is 1. The van der Waals surface area contributed by atoms with Gasteiger partial charge in [-0.3, -0.25) is 4.79 Å². The van der Waals surface area contributed by atoms with E-state index >= 15 is 0 Å². The number of carbonyl (C=O) groups is 1. The Labute approximate surface area is 138 Å². The maximum Gasteiger partial charge on any atom is 0.265 e. The molecule has 0 saturated heterocycles. The van der Waals surface area contributed by atoms with Gasteiger partial charge in [-0.15, -0.1) is 0 Å². The highest BCUT2D eigenvalue weighted by molar-refractivity contribution is 5.95. The second-order valence-corrected chi connectivity index (χ2v) is 5.97. The first-order valence-electron chi connectivity index (χ1n) is 8.04. The molecule has 2 aromatic rings. The molecule has 0 bridgehead atoms. The van der Waals surface area contributed by atoms with Crippen LogP contribution in [0.25, 0.3) is 0 Å². The van der Waals surface area contributed by atoms with Crippen molar-refractivity contribution in [2.24, 2.45) is 0 Å². The van der Waals surface area contributed by atoms with E-state index in [0.717, 1.165) is 33.7 Å². The standard InChI is InChI=1S/C20H25NO2/c1-6-17(23-18-12-8-9-13(2)16(18)5)20(22)21-19-14(3)10-7-11-15(19)4/h7-12,17H,6H2,1-5H3,(H,21,22). The molecule has 0 fully saturated rings. The third kappa shape index (κ3) is 3.92. The van der Waals surface area contributed by atoms with Gasteiger partial charge in [0.25, 0.3) is 5.91 Å². The molecule has 0 spiro atoms. The number of hydrogen-bond acceptors (Lipinski definition) is 2. The van der Waals surface area contributed by atoms with E-state index in [9.17, 15) is 4.79 Å². The summed E-state index contributed by atoms with van der Waals surface area (Å²) in [5, 5.41) is 3.02. The molecule has 0 aliphatic carbocycles. The van der Waals surface area contributed by atoms with E-state index in [4.69, 9.17) is 4.74 Å². The largest absolute Gasteiger partial charge is 0.480 e. The van der Waals surface area contributed by atoms with Gasteiger partial charge in [0.05, 0.1) is 0 Å². The molecule has 3 nitrogen and oxygen atoms in total. The fourth-order valence-electron chi connectivity index (χ4n) is 2.54. The van der Waals surface area contributed by atoms with Crippen molar-refractivity contribution >= 4 is 11.6 Å². The first-order valence-corrected chi connectivity index (χ1v) is 8.04. The molecule has 1 N–H and O–H groups in total. The van der Waals surface area contributed by atoms with Crippen LogP contribution in [0.4, 0.5) is 5.69 Å². The lowest BCUT2D eigenvalue weighted by molar-refractivity contribution is -0.122. The van der Waals surface area contributed by atoms with E-state index in [2.05, 4.69) is 5.32 Å². The van der Waals surface area contributed by atoms with Crippen LogP contribution < -0.4 is 10.1 Å². The zero-order valence-corrected chi connectivity index (χ0v) is 14.6. The average molecular weight is 311 g/mol. The second-order valence-electron chi connectivity index (χ2n) is 5.97. The third-order valence-corrected chi connectivity index (χ3v) is 4.22. The van der Waals surface area contributed by atoms with Crippen LogP contribution in [0.1, 0.15) is 35.6 Å². The van der Waals surface area contributed by atoms with Gasteiger partial charge < -0.3 is 10.1 Å². The summed E-state index contributed by atoms with van der Waals surface area (Å²) < 4.78 is 5.98. The predicted molar refractivity (Wildman–Crippen MR) is 95.2 cm³/mol. The van der Waals surface area contributed by atoms with E-state index in [1.807, 2.05) is 71.0 Å². The smallest absolute Gasteiger partial charge is 0.265 e. The quantitative estimate of drug-likeness (QED) is 0.868. The van der Waals surface area contributed by atoms with Gasteiger partial charge in [-0.25, -0.2) is 0 Å². The first-order chi connectivity index (χ1) is 10.9. The summed E-state index contributed by atoms with van der Waals surface area (Å²) in [4.78, 5) is 12.6. The van der Waals surface area contributed by atoms with Crippen LogP contribution in [-0.4, -0.2) is 12.0 Å². The van der Waals surface area contributed by atoms with Crippen molar-refractivity contribution in [2.75, 3.05) is 5.32 Å². The van der Waals surface area contributed by atoms with Crippen molar-refractivity contribution in [3.8, 4) is 5.75 Å². The summed E-state index contributed by atoms with van der Waals surface area (Å²) in [6.45, 7) is 10.0. The van der Waals surface area contributed by atoms with Gasteiger partial charge in [-0.1, -0.05) is 37.3 Å². The molecule has 0 heterocycles. The van der Waals surface area contributed by atoms with Crippen LogP contribution in [0.15, 0.2) is 36.4 Å². The van der Waals surface area contributed by atoms with Crippen LogP contribution in [-0.2, 0) is 4.79 Å². The minimum Gasteiger partial charge on any atom is -0.480 e. The van der Waals surface area contributed by atoms with Crippen LogP contribution in [0.5, 0.6) is 5.75 Å². The van der Waals surface area contributed by atoms with E-state index in [1.54, 1.807) is 0 Å². The van der Waals surface area contributed by atoms with Crippen molar-refractivity contribution in [1.82, 2.24) is 0 Å². The van der Waals surface area contributed by atoms with E-state index in [-0.39, 0.29) is 5.91 Å². The average Bonchev–Trinajstić information content (AvgIpc) is 2.52. The number of benzene rings is 2. The summed E-state index contributed by atoms with van der Waals surface area (Å²) in [6.07, 6.45) is 0.110. The maximum absolute atomic E-state index is 12.6. The molecular weight excluding hydrogens is 286 g/mol. The van der Waals surface area contributed by atoms with Gasteiger partial charge in [0.1, 0.15) is 5.75 Å². The maximum atomic E-state index is 12.6. The molecular formula is C20H25NO2. The van der Waals surface area contributed by atoms with E-state index in [1.165, 1.54) is 0 Å². The zero-order chi connectivity index (χ0) is 17.0. The third-order valence-electron chi connectivity index (χ3n) is 4.22. The lowest BCUT2D eigenvalue weighted by Crippen LogP contribution is -2.33. The molecule has 0 saturated carbocycles. The molecule has 0 aliphatic rings. The molecule has 0 aliphatic heterocycles. The second kappa shape index (κ2) is 7.32. The topological polar surface area (TPSA) is 38.3 Å². The van der Waals surface area contributed by atoms with Crippen LogP contribution in [0, 0.1) is 27.7 Å². The Morgan fingerprint density at radius 3 is 2.17 bits per heavy atom. The summed E-state index contributed by atoms with van der Waals surface area (Å²) >= 11 is 0. The number of aryl methyl sites for hydroxylation is 3. The Bertz CT molecular complexity index is 687. The van der Waals surface area contributed by atoms with Crippen LogP contribution >= 0.6 is 0 Å². The summed E-state index contributed by atoms with van der Waals surface area (Å²) in [6, 6.07) is 11.9. The van der Waals surface area contributed by atoms with Gasteiger partial charge in [0, 0.05) is 5.69 Å². The van der Waals surface area contributed by atoms with Crippen molar-refractivity contribution < 1.29 is 9.53 Å². The van der Waals surface area contributed by atoms with E-state index < -0.39 is 6.10 Å². The number of ether oxygens (including phenoxy) is 1. The van der Waals surface area contributed by atoms with Crippen molar-refractivity contribution in [2.45, 2.75) is 47.1 Å². The highest BCUT2D eigenvalue weighted by Gasteiger charge is 2.20. The Morgan fingerprint density at radius 1 is 1.00 bits per heavy atom. The lowest BCUT2D eigenvalue weighted by Gasteiger charge is -2.20. The Morgan fingerprint density at radius 2 is 1.57 bits per heavy atom. The van der Waals surface area contributed by atoms with Crippen LogP contribution in [0.3, 0.4) is 0 Å². The van der Waals surface area contributed by atoms with Crippen molar-refractivity contribution in [3.63, 3.8) is 0 Å². The fourth-order valence-corrected chi connectivity index (χ4v) is 2.54. The minimum absolute atomic E-state index is 0.106.